The number of ether oxygens (including phenoxy) is 2. The molecular weight excluding hydrogens is 322 g/mol. The Morgan fingerprint density at radius 1 is 1.12 bits per heavy atom. The second-order valence-electron chi connectivity index (χ2n) is 6.22. The van der Waals surface area contributed by atoms with Crippen molar-refractivity contribution in [3.63, 3.8) is 0 Å². The molecule has 1 heterocycles. The minimum atomic E-state index is -1.10. The highest BCUT2D eigenvalue weighted by molar-refractivity contribution is 7.08. The number of primary amides is 1. The first kappa shape index (κ1) is 16.8. The van der Waals surface area contributed by atoms with E-state index in [0.717, 1.165) is 37.0 Å². The molecule has 24 heavy (non-hydrogen) atoms. The maximum absolute atomic E-state index is 12.6. The Morgan fingerprint density at radius 3 is 2.33 bits per heavy atom. The lowest BCUT2D eigenvalue weighted by atomic mass is 9.73. The number of hydrogen-bond acceptors (Lipinski definition) is 4. The van der Waals surface area contributed by atoms with Crippen LogP contribution in [0.1, 0.15) is 37.7 Å². The van der Waals surface area contributed by atoms with Gasteiger partial charge in [-0.05, 0) is 53.9 Å². The van der Waals surface area contributed by atoms with Gasteiger partial charge in [0.2, 0.25) is 5.60 Å². The zero-order valence-corrected chi connectivity index (χ0v) is 14.7. The van der Waals surface area contributed by atoms with Gasteiger partial charge in [-0.3, -0.25) is 4.79 Å². The van der Waals surface area contributed by atoms with E-state index in [9.17, 15) is 4.79 Å². The Labute approximate surface area is 146 Å². The SMILES string of the molecule is COc1ccc(OC(C(N)=O)(c2ccsc2)C2CCCCC2)cc1. The summed E-state index contributed by atoms with van der Waals surface area (Å²) in [6.45, 7) is 0. The summed E-state index contributed by atoms with van der Waals surface area (Å²) in [5, 5.41) is 3.94. The Morgan fingerprint density at radius 2 is 1.79 bits per heavy atom. The quantitative estimate of drug-likeness (QED) is 0.857. The molecule has 3 rings (SSSR count). The van der Waals surface area contributed by atoms with Gasteiger partial charge in [-0.2, -0.15) is 11.3 Å². The first-order valence-corrected chi connectivity index (χ1v) is 9.26. The molecular formula is C19H23NO3S. The molecule has 1 amide bonds. The number of amides is 1. The Kier molecular flexibility index (Phi) is 5.09. The third-order valence-electron chi connectivity index (χ3n) is 4.83. The summed E-state index contributed by atoms with van der Waals surface area (Å²) in [6, 6.07) is 9.26. The summed E-state index contributed by atoms with van der Waals surface area (Å²) in [6.07, 6.45) is 5.33. The van der Waals surface area contributed by atoms with Crippen molar-refractivity contribution in [2.45, 2.75) is 37.7 Å². The molecule has 1 aromatic carbocycles. The van der Waals surface area contributed by atoms with Crippen molar-refractivity contribution in [2.24, 2.45) is 11.7 Å². The maximum atomic E-state index is 12.6. The minimum Gasteiger partial charge on any atom is -0.497 e. The molecule has 1 fully saturated rings. The van der Waals surface area contributed by atoms with Gasteiger partial charge in [0, 0.05) is 11.5 Å². The maximum Gasteiger partial charge on any atom is 0.266 e. The predicted octanol–water partition coefficient (Wildman–Crippen LogP) is 4.10. The van der Waals surface area contributed by atoms with Gasteiger partial charge in [-0.1, -0.05) is 19.3 Å². The highest BCUT2D eigenvalue weighted by Gasteiger charge is 2.49. The lowest BCUT2D eigenvalue weighted by Crippen LogP contribution is -2.52. The first-order valence-electron chi connectivity index (χ1n) is 8.32. The van der Waals surface area contributed by atoms with Crippen molar-refractivity contribution in [3.05, 3.63) is 46.7 Å². The summed E-state index contributed by atoms with van der Waals surface area (Å²) >= 11 is 1.56. The van der Waals surface area contributed by atoms with Gasteiger partial charge >= 0.3 is 0 Å². The van der Waals surface area contributed by atoms with Crippen LogP contribution >= 0.6 is 11.3 Å². The van der Waals surface area contributed by atoms with Gasteiger partial charge < -0.3 is 15.2 Å². The number of hydrogen-bond donors (Lipinski definition) is 1. The average Bonchev–Trinajstić information content (AvgIpc) is 3.15. The monoisotopic (exact) mass is 345 g/mol. The van der Waals surface area contributed by atoms with Crippen LogP contribution in [0.2, 0.25) is 0 Å². The molecule has 0 bridgehead atoms. The smallest absolute Gasteiger partial charge is 0.266 e. The second-order valence-corrected chi connectivity index (χ2v) is 7.00. The molecule has 1 atom stereocenters. The molecule has 4 nitrogen and oxygen atoms in total. The Bertz CT molecular complexity index is 662. The second kappa shape index (κ2) is 7.26. The summed E-state index contributed by atoms with van der Waals surface area (Å²) in [4.78, 5) is 12.6. The molecule has 1 aromatic heterocycles. The standard InChI is InChI=1S/C19H23NO3S/c1-22-16-7-9-17(10-8-16)23-19(18(20)21,15-11-12-24-13-15)14-5-3-2-4-6-14/h7-14H,2-6H2,1H3,(H2,20,21). The molecule has 2 N–H and O–H groups in total. The van der Waals surface area contributed by atoms with E-state index >= 15 is 0 Å². The van der Waals surface area contributed by atoms with E-state index in [1.807, 2.05) is 41.1 Å². The van der Waals surface area contributed by atoms with Gasteiger partial charge in [0.1, 0.15) is 11.5 Å². The van der Waals surface area contributed by atoms with Crippen LogP contribution in [0.4, 0.5) is 0 Å². The summed E-state index contributed by atoms with van der Waals surface area (Å²) in [5.74, 6) is 1.07. The van der Waals surface area contributed by atoms with Crippen molar-refractivity contribution in [1.82, 2.24) is 0 Å². The summed E-state index contributed by atoms with van der Waals surface area (Å²) in [7, 11) is 1.62. The van der Waals surface area contributed by atoms with Gasteiger partial charge in [0.15, 0.2) is 0 Å². The van der Waals surface area contributed by atoms with Crippen LogP contribution < -0.4 is 15.2 Å². The number of rotatable bonds is 6. The third-order valence-corrected chi connectivity index (χ3v) is 5.52. The summed E-state index contributed by atoms with van der Waals surface area (Å²) in [5.41, 5.74) is 5.68. The van der Waals surface area contributed by atoms with Crippen LogP contribution in [0, 0.1) is 5.92 Å². The van der Waals surface area contributed by atoms with Crippen molar-refractivity contribution in [2.75, 3.05) is 7.11 Å². The van der Waals surface area contributed by atoms with Crippen LogP contribution in [-0.2, 0) is 10.4 Å². The number of carbonyl (C=O) groups excluding carboxylic acids is 1. The number of nitrogens with two attached hydrogens (primary N) is 1. The largest absolute Gasteiger partial charge is 0.497 e. The van der Waals surface area contributed by atoms with E-state index in [-0.39, 0.29) is 5.92 Å². The van der Waals surface area contributed by atoms with E-state index in [0.29, 0.717) is 5.75 Å². The molecule has 0 saturated heterocycles. The molecule has 1 aliphatic carbocycles. The highest BCUT2D eigenvalue weighted by atomic mass is 32.1. The molecule has 1 aliphatic rings. The van der Waals surface area contributed by atoms with Crippen LogP contribution in [0.5, 0.6) is 11.5 Å². The zero-order chi connectivity index (χ0) is 17.0. The fourth-order valence-corrected chi connectivity index (χ4v) is 4.29. The van der Waals surface area contributed by atoms with Gasteiger partial charge in [-0.25, -0.2) is 0 Å². The van der Waals surface area contributed by atoms with Crippen LogP contribution in [0.3, 0.4) is 0 Å². The molecule has 1 unspecified atom stereocenters. The molecule has 0 spiro atoms. The van der Waals surface area contributed by atoms with E-state index in [1.54, 1.807) is 18.4 Å². The summed E-state index contributed by atoms with van der Waals surface area (Å²) < 4.78 is 11.5. The van der Waals surface area contributed by atoms with Crippen molar-refractivity contribution >= 4 is 17.2 Å². The number of thiophene rings is 1. The Balaban J connectivity index is 2.00. The topological polar surface area (TPSA) is 61.6 Å². The molecule has 1 saturated carbocycles. The van der Waals surface area contributed by atoms with E-state index in [4.69, 9.17) is 15.2 Å². The van der Waals surface area contributed by atoms with Crippen LogP contribution in [0.25, 0.3) is 0 Å². The minimum absolute atomic E-state index is 0.0976. The van der Waals surface area contributed by atoms with Gasteiger partial charge in [0.05, 0.1) is 7.11 Å². The zero-order valence-electron chi connectivity index (χ0n) is 13.9. The van der Waals surface area contributed by atoms with Crippen LogP contribution in [0.15, 0.2) is 41.1 Å². The molecule has 0 aliphatic heterocycles. The highest BCUT2D eigenvalue weighted by Crippen LogP contribution is 2.43. The average molecular weight is 345 g/mol. The van der Waals surface area contributed by atoms with Gasteiger partial charge in [-0.15, -0.1) is 0 Å². The third kappa shape index (κ3) is 3.13. The normalized spacial score (nSPS) is 17.9. The fourth-order valence-electron chi connectivity index (χ4n) is 3.59. The van der Waals surface area contributed by atoms with Crippen LogP contribution in [-0.4, -0.2) is 13.0 Å². The van der Waals surface area contributed by atoms with E-state index in [1.165, 1.54) is 6.42 Å². The molecule has 5 heteroatoms. The van der Waals surface area contributed by atoms with E-state index < -0.39 is 11.5 Å². The lowest BCUT2D eigenvalue weighted by molar-refractivity contribution is -0.141. The first-order chi connectivity index (χ1) is 11.7. The van der Waals surface area contributed by atoms with Crippen molar-refractivity contribution < 1.29 is 14.3 Å². The molecule has 2 aromatic rings. The van der Waals surface area contributed by atoms with Gasteiger partial charge in [0.25, 0.3) is 5.91 Å². The van der Waals surface area contributed by atoms with Crippen molar-refractivity contribution in [3.8, 4) is 11.5 Å². The number of methoxy groups -OCH3 is 1. The fraction of sp³-hybridized carbons (Fsp3) is 0.421. The lowest BCUT2D eigenvalue weighted by Gasteiger charge is -2.40. The number of benzene rings is 1. The Hall–Kier alpha value is -2.01. The van der Waals surface area contributed by atoms with Crippen molar-refractivity contribution in [1.29, 1.82) is 0 Å². The predicted molar refractivity (Wildman–Crippen MR) is 95.4 cm³/mol. The molecule has 128 valence electrons. The number of carbonyl (C=O) groups is 1. The molecule has 0 radical (unpaired) electrons. The van der Waals surface area contributed by atoms with E-state index in [2.05, 4.69) is 0 Å².